The first-order valence-corrected chi connectivity index (χ1v) is 10.4. The third-order valence-corrected chi connectivity index (χ3v) is 6.11. The Morgan fingerprint density at radius 1 is 1.21 bits per heavy atom. The van der Waals surface area contributed by atoms with Crippen molar-refractivity contribution < 1.29 is 13.9 Å². The second kappa shape index (κ2) is 8.45. The topological polar surface area (TPSA) is 77.2 Å². The molecule has 0 saturated heterocycles. The smallest absolute Gasteiger partial charge is 0.230 e. The molecule has 2 aromatic carbocycles. The lowest BCUT2D eigenvalue weighted by atomic mass is 10.1. The monoisotopic (exact) mass is 411 g/mol. The van der Waals surface area contributed by atoms with Gasteiger partial charge >= 0.3 is 0 Å². The second-order valence-electron chi connectivity index (χ2n) is 6.00. The lowest BCUT2D eigenvalue weighted by molar-refractivity contribution is -0.115. The van der Waals surface area contributed by atoms with Crippen LogP contribution in [-0.4, -0.2) is 23.2 Å². The molecule has 0 spiro atoms. The Morgan fingerprint density at radius 2 is 2.07 bits per heavy atom. The minimum Gasteiger partial charge on any atom is -0.497 e. The van der Waals surface area contributed by atoms with Crippen molar-refractivity contribution in [2.75, 3.05) is 12.4 Å². The highest BCUT2D eigenvalue weighted by molar-refractivity contribution is 8.00. The van der Waals surface area contributed by atoms with Gasteiger partial charge < -0.3 is 14.5 Å². The molecule has 2 heterocycles. The van der Waals surface area contributed by atoms with E-state index in [1.54, 1.807) is 25.1 Å². The van der Waals surface area contributed by atoms with Gasteiger partial charge in [-0.3, -0.25) is 4.79 Å². The summed E-state index contributed by atoms with van der Waals surface area (Å²) in [5.41, 5.74) is 2.74. The first-order valence-electron chi connectivity index (χ1n) is 8.55. The summed E-state index contributed by atoms with van der Waals surface area (Å²) in [6.45, 7) is 0. The molecule has 0 atom stereocenters. The summed E-state index contributed by atoms with van der Waals surface area (Å²) < 4.78 is 11.6. The van der Waals surface area contributed by atoms with Crippen LogP contribution in [0.5, 0.6) is 5.75 Å². The summed E-state index contributed by atoms with van der Waals surface area (Å²) in [6.07, 6.45) is 1.79. The van der Waals surface area contributed by atoms with E-state index in [4.69, 9.17) is 9.15 Å². The van der Waals surface area contributed by atoms with Crippen molar-refractivity contribution in [2.24, 2.45) is 0 Å². The third-order valence-electron chi connectivity index (χ3n) is 4.07. The molecule has 0 unspecified atom stereocenters. The molecule has 0 saturated carbocycles. The summed E-state index contributed by atoms with van der Waals surface area (Å²) >= 11 is 2.97. The summed E-state index contributed by atoms with van der Waals surface area (Å²) in [4.78, 5) is 12.4. The number of ether oxygens (including phenoxy) is 1. The highest BCUT2D eigenvalue weighted by Crippen LogP contribution is 2.29. The SMILES string of the molecule is COc1ccc2occ(CC(=O)Nc3nnc(SCc4ccccc4)s3)c2c1. The fraction of sp³-hybridized carbons (Fsp3) is 0.150. The zero-order valence-corrected chi connectivity index (χ0v) is 16.7. The summed E-state index contributed by atoms with van der Waals surface area (Å²) in [5.74, 6) is 1.37. The van der Waals surface area contributed by atoms with E-state index >= 15 is 0 Å². The fourth-order valence-corrected chi connectivity index (χ4v) is 4.42. The third kappa shape index (κ3) is 4.35. The average Bonchev–Trinajstić information content (AvgIpc) is 3.33. The van der Waals surface area contributed by atoms with Gasteiger partial charge in [-0.25, -0.2) is 0 Å². The van der Waals surface area contributed by atoms with Gasteiger partial charge in [0.2, 0.25) is 11.0 Å². The van der Waals surface area contributed by atoms with Crippen molar-refractivity contribution in [3.8, 4) is 5.75 Å². The van der Waals surface area contributed by atoms with Gasteiger partial charge in [-0.05, 0) is 23.8 Å². The number of fused-ring (bicyclic) bond motifs is 1. The highest BCUT2D eigenvalue weighted by atomic mass is 32.2. The van der Waals surface area contributed by atoms with E-state index in [-0.39, 0.29) is 12.3 Å². The van der Waals surface area contributed by atoms with Gasteiger partial charge in [-0.2, -0.15) is 0 Å². The Morgan fingerprint density at radius 3 is 2.89 bits per heavy atom. The molecule has 1 N–H and O–H groups in total. The maximum absolute atomic E-state index is 12.4. The number of nitrogens with zero attached hydrogens (tertiary/aromatic N) is 2. The number of hydrogen-bond donors (Lipinski definition) is 1. The Labute approximate surface area is 169 Å². The maximum atomic E-state index is 12.4. The van der Waals surface area contributed by atoms with E-state index in [0.717, 1.165) is 32.4 Å². The number of methoxy groups -OCH3 is 1. The standard InChI is InChI=1S/C20H17N3O3S2/c1-25-15-7-8-17-16(10-15)14(11-26-17)9-18(24)21-19-22-23-20(28-19)27-12-13-5-3-2-4-6-13/h2-8,10-11H,9,12H2,1H3,(H,21,22,24). The molecule has 0 aliphatic rings. The van der Waals surface area contributed by atoms with Crippen LogP contribution in [-0.2, 0) is 17.0 Å². The molecule has 6 nitrogen and oxygen atoms in total. The molecule has 0 aliphatic heterocycles. The van der Waals surface area contributed by atoms with Crippen LogP contribution in [0.25, 0.3) is 11.0 Å². The molecule has 142 valence electrons. The van der Waals surface area contributed by atoms with E-state index in [1.165, 1.54) is 16.9 Å². The minimum atomic E-state index is -0.165. The Hall–Kier alpha value is -2.84. The molecule has 0 aliphatic carbocycles. The van der Waals surface area contributed by atoms with Gasteiger partial charge in [0, 0.05) is 16.7 Å². The second-order valence-corrected chi connectivity index (χ2v) is 8.20. The van der Waals surface area contributed by atoms with Gasteiger partial charge in [0.1, 0.15) is 11.3 Å². The maximum Gasteiger partial charge on any atom is 0.230 e. The number of aromatic nitrogens is 2. The highest BCUT2D eigenvalue weighted by Gasteiger charge is 2.14. The molecule has 28 heavy (non-hydrogen) atoms. The van der Waals surface area contributed by atoms with Gasteiger partial charge in [0.15, 0.2) is 4.34 Å². The largest absolute Gasteiger partial charge is 0.497 e. The number of amides is 1. The average molecular weight is 412 g/mol. The van der Waals surface area contributed by atoms with E-state index < -0.39 is 0 Å². The van der Waals surface area contributed by atoms with Gasteiger partial charge in [-0.15, -0.1) is 10.2 Å². The summed E-state index contributed by atoms with van der Waals surface area (Å²) in [6, 6.07) is 15.7. The molecular weight excluding hydrogens is 394 g/mol. The van der Waals surface area contributed by atoms with Crippen LogP contribution in [0.15, 0.2) is 63.6 Å². The molecule has 0 bridgehead atoms. The number of carbonyl (C=O) groups is 1. The number of hydrogen-bond acceptors (Lipinski definition) is 7. The van der Waals surface area contributed by atoms with Gasteiger partial charge in [0.25, 0.3) is 0 Å². The first kappa shape index (κ1) is 18.5. The molecular formula is C20H17N3O3S2. The number of benzene rings is 2. The molecule has 8 heteroatoms. The van der Waals surface area contributed by atoms with Gasteiger partial charge in [-0.1, -0.05) is 53.4 Å². The molecule has 0 fully saturated rings. The van der Waals surface area contributed by atoms with E-state index in [1.807, 2.05) is 36.4 Å². The Balaban J connectivity index is 1.37. The normalized spacial score (nSPS) is 10.9. The Kier molecular flexibility index (Phi) is 5.59. The van der Waals surface area contributed by atoms with E-state index in [0.29, 0.717) is 5.13 Å². The van der Waals surface area contributed by atoms with Crippen LogP contribution >= 0.6 is 23.1 Å². The number of thioether (sulfide) groups is 1. The number of rotatable bonds is 7. The number of anilines is 1. The summed E-state index contributed by atoms with van der Waals surface area (Å²) in [5, 5.41) is 12.4. The van der Waals surface area contributed by atoms with Crippen LogP contribution in [0.2, 0.25) is 0 Å². The van der Waals surface area contributed by atoms with Crippen molar-refractivity contribution in [3.63, 3.8) is 0 Å². The minimum absolute atomic E-state index is 0.165. The zero-order valence-electron chi connectivity index (χ0n) is 15.0. The van der Waals surface area contributed by atoms with Crippen molar-refractivity contribution in [2.45, 2.75) is 16.5 Å². The predicted molar refractivity (Wildman–Crippen MR) is 111 cm³/mol. The summed E-state index contributed by atoms with van der Waals surface area (Å²) in [7, 11) is 1.61. The number of furan rings is 1. The van der Waals surface area contributed by atoms with Crippen LogP contribution in [0.4, 0.5) is 5.13 Å². The Bertz CT molecular complexity index is 1090. The lowest BCUT2D eigenvalue weighted by Crippen LogP contribution is -2.14. The quantitative estimate of drug-likeness (QED) is 0.349. The number of carbonyl (C=O) groups excluding carboxylic acids is 1. The molecule has 0 radical (unpaired) electrons. The predicted octanol–water partition coefficient (Wildman–Crippen LogP) is 4.77. The van der Waals surface area contributed by atoms with Crippen LogP contribution < -0.4 is 10.1 Å². The van der Waals surface area contributed by atoms with E-state index in [2.05, 4.69) is 27.6 Å². The van der Waals surface area contributed by atoms with Crippen LogP contribution in [0.1, 0.15) is 11.1 Å². The van der Waals surface area contributed by atoms with Crippen LogP contribution in [0, 0.1) is 0 Å². The fourth-order valence-electron chi connectivity index (χ4n) is 2.70. The van der Waals surface area contributed by atoms with Crippen molar-refractivity contribution in [3.05, 3.63) is 65.9 Å². The zero-order chi connectivity index (χ0) is 19.3. The lowest BCUT2D eigenvalue weighted by Gasteiger charge is -2.01. The van der Waals surface area contributed by atoms with Crippen molar-refractivity contribution in [1.29, 1.82) is 0 Å². The van der Waals surface area contributed by atoms with E-state index in [9.17, 15) is 4.79 Å². The van der Waals surface area contributed by atoms with Gasteiger partial charge in [0.05, 0.1) is 19.8 Å². The van der Waals surface area contributed by atoms with Crippen molar-refractivity contribution in [1.82, 2.24) is 10.2 Å². The molecule has 4 aromatic rings. The van der Waals surface area contributed by atoms with Crippen molar-refractivity contribution >= 4 is 45.1 Å². The molecule has 2 aromatic heterocycles. The number of nitrogens with one attached hydrogen (secondary N) is 1. The molecule has 1 amide bonds. The first-order chi connectivity index (χ1) is 13.7. The molecule has 4 rings (SSSR count). The van der Waals surface area contributed by atoms with Crippen LogP contribution in [0.3, 0.4) is 0 Å².